The molecule has 0 atom stereocenters. The third-order valence-corrected chi connectivity index (χ3v) is 18.6. The maximum absolute atomic E-state index is 13.3. The van der Waals surface area contributed by atoms with E-state index in [1.54, 1.807) is 0 Å². The number of carboxylic acids is 2. The first-order chi connectivity index (χ1) is 47.6. The Morgan fingerprint density at radius 2 is 0.718 bits per heavy atom. The number of carbonyl (C=O) groups is 2. The number of aromatic carboxylic acids is 2. The van der Waals surface area contributed by atoms with Gasteiger partial charge in [-0.3, -0.25) is 19.1 Å². The van der Waals surface area contributed by atoms with Gasteiger partial charge in [-0.25, -0.2) is 63.0 Å². The zero-order valence-electron chi connectivity index (χ0n) is 57.0. The molecular formula is C52H28Cl2N18Na8O24S6. The monoisotopic (exact) mass is 1730 g/mol. The Balaban J connectivity index is 0.00000513. The maximum Gasteiger partial charge on any atom is 1.00 e. The zero-order valence-corrected chi connectivity index (χ0v) is 79.5. The summed E-state index contributed by atoms with van der Waals surface area (Å²) in [5.74, 6) is -6.85. The van der Waals surface area contributed by atoms with Gasteiger partial charge in [-0.15, -0.1) is 20.5 Å². The van der Waals surface area contributed by atoms with E-state index in [-0.39, 0.29) is 293 Å². The van der Waals surface area contributed by atoms with Crippen LogP contribution in [0.2, 0.25) is 10.6 Å². The minimum atomic E-state index is -5.42. The Kier molecular flexibility index (Phi) is 38.7. The SMILES string of the molecule is O=C([O-])c1nn(-c2ccc(S(=O)(=O)[O-])cc2)c([O-])c1N=Nc1cc(N=c2nc(Cl)[nH]c(=Nc3ccc(/C=C/c4ccc(N=c5[nH]c(Cl)nc(=Nc6ccc(S(=O)(=O)[O-])c(N=Nc7c(C(=O)[O-])nn(-c8ccc(S(=O)(=O)[O-])cc8)c7[O-])c6)[nH]5)cc4S(=O)(=O)O)c(S(=O)(=O)O)c3)[nH]2)ccc1S(=O)(=O)[O-].[Na+].[Na+].[Na+].[Na+].[Na+].[Na+].[Na+].[Na+]. The average Bonchev–Trinajstić information content (AvgIpc) is 1.75. The summed E-state index contributed by atoms with van der Waals surface area (Å²) in [5, 5.41) is 71.1. The molecule has 6 N–H and O–H groups in total. The van der Waals surface area contributed by atoms with E-state index in [2.05, 4.69) is 80.5 Å². The van der Waals surface area contributed by atoms with E-state index in [1.165, 1.54) is 12.1 Å². The molecule has 0 aliphatic carbocycles. The summed E-state index contributed by atoms with van der Waals surface area (Å²) in [5.41, 5.74) is -10.0. The van der Waals surface area contributed by atoms with Crippen LogP contribution in [0.3, 0.4) is 0 Å². The van der Waals surface area contributed by atoms with Crippen molar-refractivity contribution in [1.29, 1.82) is 0 Å². The Bertz CT molecular complexity index is 5990. The molecule has 0 amide bonds. The molecule has 0 aliphatic rings. The van der Waals surface area contributed by atoms with Crippen LogP contribution < -0.4 is 279 Å². The number of azo groups is 2. The van der Waals surface area contributed by atoms with Gasteiger partial charge in [0.25, 0.3) is 20.2 Å². The number of nitrogens with zero attached hydrogens (tertiary/aromatic N) is 14. The molecule has 10 aromatic rings. The quantitative estimate of drug-likeness (QED) is 0.0179. The number of halogens is 2. The van der Waals surface area contributed by atoms with Crippen molar-refractivity contribution in [2.24, 2.45) is 40.4 Å². The topological polar surface area (TPSA) is 687 Å². The van der Waals surface area contributed by atoms with Crippen molar-refractivity contribution in [2.75, 3.05) is 0 Å². The normalized spacial score (nSPS) is 12.5. The molecule has 0 unspecified atom stereocenters. The van der Waals surface area contributed by atoms with Crippen LogP contribution in [0.4, 0.5) is 45.5 Å². The first-order valence-electron chi connectivity index (χ1n) is 26.6. The molecule has 4 heterocycles. The number of nitrogens with one attached hydrogen (secondary N) is 4. The Hall–Kier alpha value is -3.52. The Morgan fingerprint density at radius 1 is 0.409 bits per heavy atom. The summed E-state index contributed by atoms with van der Waals surface area (Å²) in [6.45, 7) is 0. The predicted octanol–water partition coefficient (Wildman–Crippen LogP) is -23.6. The molecule has 528 valence electrons. The number of carbonyl (C=O) groups excluding carboxylic acids is 2. The number of hydrogen-bond acceptors (Lipinski definition) is 34. The molecule has 58 heteroatoms. The number of carboxylic acid groups (broad SMARTS) is 2. The van der Waals surface area contributed by atoms with Crippen molar-refractivity contribution in [2.45, 2.75) is 29.4 Å². The fourth-order valence-electron chi connectivity index (χ4n) is 8.61. The molecule has 0 saturated heterocycles. The standard InChI is InChI=1S/C52H36Cl2N18O24S6.8Na/c53-47-59-49(55-25-7-17-35(99(85,86)87)33(19-25)65-67-39-41(45(75)76)69-71(43(39)73)29-9-13-31(14-10-29)97(79,80)81)63-51(61-47)57-27-5-3-23(37(21-27)101(91,92)93)1-2-24-4-6-28(22-38(24)102(94,95)96)58-52-62-48(54)60-50(64-52)56-26-8-18-36(100(88,89)90)34(20-26)66-68-40-42(46(77)78)70-72(44(40)74)30-11-15-32(16-12-30)98(82,83)84;;;;;;;;/h1-22,73-74H,(H,75,76)(H,77,78)(H,79,80,81)(H,82,83,84)(H,85,86,87)(H,88,89,90)(H,91,92,93)(H,94,95,96)(H2,55,57,59,61,63)(H2,56,58,60,62,64);;;;;;;;/q;8*+1/p-8/b2-1+,67-65?,68-66?;;;;;;;;. The number of hydrogen-bond donors (Lipinski definition) is 6. The van der Waals surface area contributed by atoms with E-state index in [4.69, 9.17) is 23.2 Å². The van der Waals surface area contributed by atoms with Crippen LogP contribution in [0.1, 0.15) is 32.1 Å². The van der Waals surface area contributed by atoms with Crippen LogP contribution in [0.5, 0.6) is 11.8 Å². The van der Waals surface area contributed by atoms with Crippen molar-refractivity contribution in [3.8, 4) is 23.1 Å². The van der Waals surface area contributed by atoms with Crippen LogP contribution in [-0.4, -0.2) is 139 Å². The first kappa shape index (κ1) is 103. The van der Waals surface area contributed by atoms with Gasteiger partial charge in [0.2, 0.25) is 33.0 Å². The van der Waals surface area contributed by atoms with E-state index >= 15 is 0 Å². The van der Waals surface area contributed by atoms with Gasteiger partial charge in [-0.2, -0.15) is 37.0 Å². The van der Waals surface area contributed by atoms with Crippen molar-refractivity contribution in [3.63, 3.8) is 0 Å². The van der Waals surface area contributed by atoms with Gasteiger partial charge < -0.3 is 58.2 Å². The van der Waals surface area contributed by atoms with Gasteiger partial charge in [0.1, 0.15) is 84.4 Å². The van der Waals surface area contributed by atoms with Gasteiger partial charge in [0, 0.05) is 11.8 Å². The Morgan fingerprint density at radius 3 is 1.01 bits per heavy atom. The molecule has 0 radical (unpaired) electrons. The molecule has 42 nitrogen and oxygen atoms in total. The summed E-state index contributed by atoms with van der Waals surface area (Å²) < 4.78 is 215. The van der Waals surface area contributed by atoms with Crippen LogP contribution in [-0.2, 0) is 60.7 Å². The maximum atomic E-state index is 13.3. The number of benzene rings is 6. The second kappa shape index (κ2) is 41.5. The van der Waals surface area contributed by atoms with Crippen LogP contribution in [0.25, 0.3) is 23.5 Å². The van der Waals surface area contributed by atoms with E-state index in [0.29, 0.717) is 21.5 Å². The Labute approximate surface area is 804 Å². The van der Waals surface area contributed by atoms with Gasteiger partial charge in [0.05, 0.1) is 65.6 Å². The van der Waals surface area contributed by atoms with Crippen LogP contribution in [0, 0.1) is 0 Å². The van der Waals surface area contributed by atoms with Crippen molar-refractivity contribution < 1.29 is 344 Å². The fraction of sp³-hybridized carbons (Fsp3) is 0. The summed E-state index contributed by atoms with van der Waals surface area (Å²) >= 11 is 12.4. The molecule has 110 heavy (non-hydrogen) atoms. The van der Waals surface area contributed by atoms with Crippen molar-refractivity contribution in [3.05, 3.63) is 177 Å². The number of aromatic amines is 4. The molecule has 0 saturated carbocycles. The average molecular weight is 1740 g/mol. The molecule has 0 bridgehead atoms. The smallest absolute Gasteiger partial charge is 0.857 e. The third kappa shape index (κ3) is 26.0. The van der Waals surface area contributed by atoms with Gasteiger partial charge in [0.15, 0.2) is 0 Å². The largest absolute Gasteiger partial charge is 1.00 e. The molecule has 0 aliphatic heterocycles. The molecule has 6 aromatic carbocycles. The summed E-state index contributed by atoms with van der Waals surface area (Å²) in [6, 6.07) is 17.9. The minimum absolute atomic E-state index is 0. The first-order valence-corrected chi connectivity index (χ1v) is 35.9. The number of aromatic nitrogens is 10. The molecular weight excluding hydrogens is 1710 g/mol. The van der Waals surface area contributed by atoms with E-state index < -0.39 is 170 Å². The second-order valence-corrected chi connectivity index (χ2v) is 28.7. The molecule has 4 aromatic heterocycles. The van der Waals surface area contributed by atoms with Crippen molar-refractivity contribution >= 4 is 154 Å². The molecule has 0 spiro atoms. The number of rotatable bonds is 20. The van der Waals surface area contributed by atoms with Gasteiger partial charge >= 0.3 is 236 Å². The van der Waals surface area contributed by atoms with Crippen molar-refractivity contribution in [1.82, 2.24) is 49.5 Å². The minimum Gasteiger partial charge on any atom is -0.857 e. The van der Waals surface area contributed by atoms with Crippen LogP contribution >= 0.6 is 23.2 Å². The fourth-order valence-corrected chi connectivity index (χ4v) is 12.5. The summed E-state index contributed by atoms with van der Waals surface area (Å²) in [6.07, 6.45) is 2.02. The van der Waals surface area contributed by atoms with E-state index in [0.717, 1.165) is 109 Å². The summed E-state index contributed by atoms with van der Waals surface area (Å²) in [4.78, 5) is 53.4. The van der Waals surface area contributed by atoms with E-state index in [1.807, 2.05) is 0 Å². The van der Waals surface area contributed by atoms with Crippen LogP contribution in [0.15, 0.2) is 191 Å². The van der Waals surface area contributed by atoms with Gasteiger partial charge in [-0.1, -0.05) is 24.3 Å². The van der Waals surface area contributed by atoms with E-state index in [9.17, 15) is 108 Å². The third-order valence-electron chi connectivity index (χ3n) is 13.0. The predicted molar refractivity (Wildman–Crippen MR) is 326 cm³/mol. The number of H-pyrrole nitrogens is 4. The zero-order chi connectivity index (χ0) is 74.3. The molecule has 10 rings (SSSR count). The molecule has 0 fully saturated rings. The summed E-state index contributed by atoms with van der Waals surface area (Å²) in [7, 11) is -31.1. The van der Waals surface area contributed by atoms with Gasteiger partial charge in [-0.05, 0) is 144 Å². The second-order valence-electron chi connectivity index (χ2n) is 19.7.